The van der Waals surface area contributed by atoms with Crippen LogP contribution in [0.2, 0.25) is 0 Å². The molecule has 10 nitrogen and oxygen atoms in total. The number of aryl methyl sites for hydroxylation is 1. The van der Waals surface area contributed by atoms with E-state index in [0.717, 1.165) is 4.57 Å². The molecule has 2 heterocycles. The molecule has 2 N–H and O–H groups in total. The zero-order valence-electron chi connectivity index (χ0n) is 14.5. The number of hydrogen-bond acceptors (Lipinski definition) is 5. The normalized spacial score (nSPS) is 12.5. The number of carboxylic acids is 1. The highest BCUT2D eigenvalue weighted by atomic mass is 16.4. The maximum Gasteiger partial charge on any atom is 0.332 e. The summed E-state index contributed by atoms with van der Waals surface area (Å²) in [6.07, 6.45) is 1.57. The van der Waals surface area contributed by atoms with E-state index in [0.29, 0.717) is 6.42 Å². The Labute approximate surface area is 142 Å². The van der Waals surface area contributed by atoms with Crippen LogP contribution in [-0.2, 0) is 30.2 Å². The monoisotopic (exact) mass is 351 g/mol. The first-order valence-electron chi connectivity index (χ1n) is 7.76. The number of hydrogen-bond donors (Lipinski definition) is 2. The average molecular weight is 351 g/mol. The molecule has 1 atom stereocenters. The molecule has 0 radical (unpaired) electrons. The zero-order chi connectivity index (χ0) is 18.9. The predicted molar refractivity (Wildman–Crippen MR) is 89.2 cm³/mol. The summed E-state index contributed by atoms with van der Waals surface area (Å²) in [5.41, 5.74) is -0.816. The van der Waals surface area contributed by atoms with Crippen molar-refractivity contribution in [3.05, 3.63) is 27.2 Å². The van der Waals surface area contributed by atoms with Crippen LogP contribution >= 0.6 is 0 Å². The number of amides is 1. The summed E-state index contributed by atoms with van der Waals surface area (Å²) in [5.74, 6) is -1.57. The SMILES string of the molecule is CC(C)C[C@@H](NC(=O)Cn1cnc2c1c(=O)n(C)c(=O)n2C)C(=O)O. The number of aliphatic carboxylic acids is 1. The number of carbonyl (C=O) groups is 2. The average Bonchev–Trinajstić information content (AvgIpc) is 2.93. The van der Waals surface area contributed by atoms with Gasteiger partial charge in [-0.25, -0.2) is 14.6 Å². The number of carbonyl (C=O) groups excluding carboxylic acids is 1. The van der Waals surface area contributed by atoms with Crippen molar-refractivity contribution in [1.29, 1.82) is 0 Å². The quantitative estimate of drug-likeness (QED) is 0.690. The van der Waals surface area contributed by atoms with Gasteiger partial charge in [-0.15, -0.1) is 0 Å². The third-order valence-electron chi connectivity index (χ3n) is 3.87. The summed E-state index contributed by atoms with van der Waals surface area (Å²) < 4.78 is 3.45. The van der Waals surface area contributed by atoms with Crippen molar-refractivity contribution >= 4 is 23.0 Å². The van der Waals surface area contributed by atoms with Crippen molar-refractivity contribution in [2.24, 2.45) is 20.0 Å². The Kier molecular flexibility index (Phi) is 5.10. The van der Waals surface area contributed by atoms with Gasteiger partial charge in [-0.3, -0.25) is 18.7 Å². The maximum atomic E-state index is 12.3. The fourth-order valence-electron chi connectivity index (χ4n) is 2.60. The van der Waals surface area contributed by atoms with Gasteiger partial charge in [0.05, 0.1) is 6.33 Å². The van der Waals surface area contributed by atoms with Gasteiger partial charge in [0.25, 0.3) is 5.56 Å². The van der Waals surface area contributed by atoms with Gasteiger partial charge in [-0.2, -0.15) is 0 Å². The van der Waals surface area contributed by atoms with Crippen LogP contribution in [0.4, 0.5) is 0 Å². The fraction of sp³-hybridized carbons (Fsp3) is 0.533. The summed E-state index contributed by atoms with van der Waals surface area (Å²) in [6, 6.07) is -1.01. The van der Waals surface area contributed by atoms with Crippen LogP contribution in [-0.4, -0.2) is 41.7 Å². The molecule has 0 saturated heterocycles. The minimum absolute atomic E-state index is 0.0947. The van der Waals surface area contributed by atoms with Crippen molar-refractivity contribution in [3.8, 4) is 0 Å². The van der Waals surface area contributed by atoms with Gasteiger partial charge in [0.15, 0.2) is 11.2 Å². The molecule has 136 valence electrons. The molecule has 1 amide bonds. The third kappa shape index (κ3) is 3.62. The summed E-state index contributed by atoms with van der Waals surface area (Å²) in [6.45, 7) is 3.44. The summed E-state index contributed by atoms with van der Waals surface area (Å²) in [4.78, 5) is 51.6. The van der Waals surface area contributed by atoms with E-state index in [2.05, 4.69) is 10.3 Å². The Balaban J connectivity index is 2.32. The highest BCUT2D eigenvalue weighted by Crippen LogP contribution is 2.07. The van der Waals surface area contributed by atoms with Gasteiger partial charge < -0.3 is 15.0 Å². The first kappa shape index (κ1) is 18.4. The highest BCUT2D eigenvalue weighted by Gasteiger charge is 2.22. The molecule has 2 rings (SSSR count). The van der Waals surface area contributed by atoms with Crippen LogP contribution < -0.4 is 16.6 Å². The van der Waals surface area contributed by atoms with Crippen LogP contribution in [0.15, 0.2) is 15.9 Å². The number of aromatic nitrogens is 4. The molecule has 0 fully saturated rings. The first-order chi connectivity index (χ1) is 11.6. The van der Waals surface area contributed by atoms with Crippen LogP contribution in [0, 0.1) is 5.92 Å². The van der Waals surface area contributed by atoms with Gasteiger partial charge in [-0.05, 0) is 12.3 Å². The van der Waals surface area contributed by atoms with E-state index in [1.165, 1.54) is 29.6 Å². The fourth-order valence-corrected chi connectivity index (χ4v) is 2.60. The smallest absolute Gasteiger partial charge is 0.332 e. The zero-order valence-corrected chi connectivity index (χ0v) is 14.5. The molecule has 0 unspecified atom stereocenters. The lowest BCUT2D eigenvalue weighted by atomic mass is 10.0. The molecule has 0 aliphatic heterocycles. The topological polar surface area (TPSA) is 128 Å². The molecule has 0 saturated carbocycles. The molecule has 0 aliphatic carbocycles. The molecule has 0 aliphatic rings. The van der Waals surface area contributed by atoms with E-state index in [9.17, 15) is 24.3 Å². The molecule has 25 heavy (non-hydrogen) atoms. The largest absolute Gasteiger partial charge is 0.480 e. The molecular weight excluding hydrogens is 330 g/mol. The molecule has 0 spiro atoms. The maximum absolute atomic E-state index is 12.3. The summed E-state index contributed by atoms with van der Waals surface area (Å²) in [7, 11) is 2.81. The number of nitrogens with zero attached hydrogens (tertiary/aromatic N) is 4. The van der Waals surface area contributed by atoms with E-state index >= 15 is 0 Å². The highest BCUT2D eigenvalue weighted by molar-refractivity contribution is 5.84. The van der Waals surface area contributed by atoms with Crippen molar-refractivity contribution in [2.75, 3.05) is 0 Å². The Morgan fingerprint density at radius 1 is 1.24 bits per heavy atom. The second-order valence-electron chi connectivity index (χ2n) is 6.34. The van der Waals surface area contributed by atoms with Crippen LogP contribution in [0.1, 0.15) is 20.3 Å². The second-order valence-corrected chi connectivity index (χ2v) is 6.34. The Hall–Kier alpha value is -2.91. The van der Waals surface area contributed by atoms with E-state index in [1.54, 1.807) is 0 Å². The van der Waals surface area contributed by atoms with Gasteiger partial charge >= 0.3 is 11.7 Å². The number of rotatable bonds is 6. The summed E-state index contributed by atoms with van der Waals surface area (Å²) >= 11 is 0. The molecule has 0 aromatic carbocycles. The van der Waals surface area contributed by atoms with Crippen LogP contribution in [0.25, 0.3) is 11.2 Å². The molecular formula is C15H21N5O5. The minimum atomic E-state index is -1.11. The lowest BCUT2D eigenvalue weighted by Gasteiger charge is -2.16. The van der Waals surface area contributed by atoms with Crippen LogP contribution in [0.3, 0.4) is 0 Å². The summed E-state index contributed by atoms with van der Waals surface area (Å²) in [5, 5.41) is 11.6. The number of fused-ring (bicyclic) bond motifs is 1. The minimum Gasteiger partial charge on any atom is -0.480 e. The standard InChI is InChI=1S/C15H21N5O5/c1-8(2)5-9(14(23)24)17-10(21)6-20-7-16-12-11(20)13(22)19(4)15(25)18(12)3/h7-9H,5-6H2,1-4H3,(H,17,21)(H,23,24)/t9-/m1/s1. The van der Waals surface area contributed by atoms with E-state index in [1.807, 2.05) is 13.8 Å². The van der Waals surface area contributed by atoms with Crippen LogP contribution in [0.5, 0.6) is 0 Å². The third-order valence-corrected chi connectivity index (χ3v) is 3.87. The Morgan fingerprint density at radius 3 is 2.44 bits per heavy atom. The molecule has 2 aromatic rings. The molecule has 10 heteroatoms. The van der Waals surface area contributed by atoms with Crippen molar-refractivity contribution in [2.45, 2.75) is 32.9 Å². The number of carboxylic acid groups (broad SMARTS) is 1. The number of imidazole rings is 1. The van der Waals surface area contributed by atoms with Crippen molar-refractivity contribution < 1.29 is 14.7 Å². The van der Waals surface area contributed by atoms with Crippen molar-refractivity contribution in [1.82, 2.24) is 24.0 Å². The van der Waals surface area contributed by atoms with E-state index in [4.69, 9.17) is 0 Å². The van der Waals surface area contributed by atoms with Gasteiger partial charge in [0.2, 0.25) is 5.91 Å². The lowest BCUT2D eigenvalue weighted by molar-refractivity contribution is -0.142. The Morgan fingerprint density at radius 2 is 1.88 bits per heavy atom. The van der Waals surface area contributed by atoms with Gasteiger partial charge in [0.1, 0.15) is 12.6 Å². The van der Waals surface area contributed by atoms with Gasteiger partial charge in [0, 0.05) is 14.1 Å². The lowest BCUT2D eigenvalue weighted by Crippen LogP contribution is -2.43. The predicted octanol–water partition coefficient (Wildman–Crippen LogP) is -0.951. The van der Waals surface area contributed by atoms with Crippen molar-refractivity contribution in [3.63, 3.8) is 0 Å². The van der Waals surface area contributed by atoms with Gasteiger partial charge in [-0.1, -0.05) is 13.8 Å². The Bertz CT molecular complexity index is 936. The molecule has 2 aromatic heterocycles. The van der Waals surface area contributed by atoms with E-state index < -0.39 is 29.2 Å². The number of nitrogens with one attached hydrogen (secondary N) is 1. The first-order valence-corrected chi connectivity index (χ1v) is 7.76. The molecule has 0 bridgehead atoms. The van der Waals surface area contributed by atoms with E-state index in [-0.39, 0.29) is 23.6 Å². The second kappa shape index (κ2) is 6.91.